The number of nitrogens with one attached hydrogen (secondary N) is 1. The van der Waals surface area contributed by atoms with Crippen LogP contribution < -0.4 is 5.32 Å². The van der Waals surface area contributed by atoms with Crippen LogP contribution in [-0.2, 0) is 0 Å². The summed E-state index contributed by atoms with van der Waals surface area (Å²) in [4.78, 5) is 9.51. The first kappa shape index (κ1) is 17.7. The molecule has 1 fully saturated rings. The highest BCUT2D eigenvalue weighted by atomic mass is 15.3. The lowest BCUT2D eigenvalue weighted by atomic mass is 10.0. The van der Waals surface area contributed by atoms with Gasteiger partial charge in [0.25, 0.3) is 0 Å². The highest BCUT2D eigenvalue weighted by Crippen LogP contribution is 2.22. The molecule has 0 bridgehead atoms. The van der Waals surface area contributed by atoms with Gasteiger partial charge in [-0.05, 0) is 38.9 Å². The molecule has 1 aliphatic heterocycles. The maximum Gasteiger partial charge on any atom is 0.144 e. The Labute approximate surface area is 140 Å². The zero-order valence-electron chi connectivity index (χ0n) is 15.1. The molecule has 0 aromatic carbocycles. The molecule has 2 heterocycles. The van der Waals surface area contributed by atoms with Gasteiger partial charge in [-0.1, -0.05) is 13.8 Å². The van der Waals surface area contributed by atoms with Crippen molar-refractivity contribution in [1.82, 2.24) is 14.8 Å². The van der Waals surface area contributed by atoms with Crippen LogP contribution in [0.2, 0.25) is 0 Å². The first-order valence-electron chi connectivity index (χ1n) is 8.41. The minimum atomic E-state index is -0.135. The maximum absolute atomic E-state index is 9.35. The molecule has 0 unspecified atom stereocenters. The monoisotopic (exact) mass is 315 g/mol. The van der Waals surface area contributed by atoms with Crippen LogP contribution in [0.3, 0.4) is 0 Å². The van der Waals surface area contributed by atoms with Crippen LogP contribution in [0.4, 0.5) is 5.82 Å². The largest absolute Gasteiger partial charge is 0.363 e. The van der Waals surface area contributed by atoms with E-state index in [9.17, 15) is 5.26 Å². The van der Waals surface area contributed by atoms with Gasteiger partial charge in [-0.15, -0.1) is 0 Å². The zero-order valence-corrected chi connectivity index (χ0v) is 15.1. The SMILES string of the molecule is CC(C)c1ccc(C#N)c(NC(C)(C)CN2CCN(C)CC2)n1. The van der Waals surface area contributed by atoms with Crippen molar-refractivity contribution in [1.29, 1.82) is 5.26 Å². The van der Waals surface area contributed by atoms with E-state index in [1.807, 2.05) is 12.1 Å². The zero-order chi connectivity index (χ0) is 17.0. The lowest BCUT2D eigenvalue weighted by Gasteiger charge is -2.38. The average molecular weight is 315 g/mol. The Morgan fingerprint density at radius 3 is 2.48 bits per heavy atom. The quantitative estimate of drug-likeness (QED) is 0.905. The fourth-order valence-electron chi connectivity index (χ4n) is 2.91. The topological polar surface area (TPSA) is 55.2 Å². The molecule has 1 saturated heterocycles. The molecule has 1 aromatic rings. The van der Waals surface area contributed by atoms with E-state index >= 15 is 0 Å². The van der Waals surface area contributed by atoms with Crippen molar-refractivity contribution in [2.24, 2.45) is 0 Å². The average Bonchev–Trinajstić information content (AvgIpc) is 2.48. The highest BCUT2D eigenvalue weighted by molar-refractivity contribution is 5.53. The molecule has 126 valence electrons. The number of likely N-dealkylation sites (N-methyl/N-ethyl adjacent to an activating group) is 1. The first-order chi connectivity index (χ1) is 10.8. The van der Waals surface area contributed by atoms with Crippen LogP contribution in [0.15, 0.2) is 12.1 Å². The summed E-state index contributed by atoms with van der Waals surface area (Å²) in [5.41, 5.74) is 1.49. The maximum atomic E-state index is 9.35. The number of aromatic nitrogens is 1. The minimum Gasteiger partial charge on any atom is -0.363 e. The number of nitrogens with zero attached hydrogens (tertiary/aromatic N) is 4. The van der Waals surface area contributed by atoms with Crippen LogP contribution in [-0.4, -0.2) is 60.1 Å². The second-order valence-corrected chi connectivity index (χ2v) is 7.49. The van der Waals surface area contributed by atoms with Gasteiger partial charge in [0.15, 0.2) is 0 Å². The van der Waals surface area contributed by atoms with Gasteiger partial charge in [0.2, 0.25) is 0 Å². The minimum absolute atomic E-state index is 0.135. The molecular weight excluding hydrogens is 286 g/mol. The van der Waals surface area contributed by atoms with Gasteiger partial charge < -0.3 is 10.2 Å². The van der Waals surface area contributed by atoms with Gasteiger partial charge in [0.05, 0.1) is 5.56 Å². The molecule has 1 N–H and O–H groups in total. The fourth-order valence-corrected chi connectivity index (χ4v) is 2.91. The lowest BCUT2D eigenvalue weighted by Crippen LogP contribution is -2.51. The molecule has 0 atom stereocenters. The van der Waals surface area contributed by atoms with Gasteiger partial charge in [-0.2, -0.15) is 5.26 Å². The number of hydrogen-bond acceptors (Lipinski definition) is 5. The van der Waals surface area contributed by atoms with E-state index < -0.39 is 0 Å². The summed E-state index contributed by atoms with van der Waals surface area (Å²) in [6.07, 6.45) is 0. The summed E-state index contributed by atoms with van der Waals surface area (Å²) >= 11 is 0. The summed E-state index contributed by atoms with van der Waals surface area (Å²) in [5.74, 6) is 1.06. The second-order valence-electron chi connectivity index (χ2n) is 7.49. The highest BCUT2D eigenvalue weighted by Gasteiger charge is 2.25. The summed E-state index contributed by atoms with van der Waals surface area (Å²) in [6, 6.07) is 6.07. The number of anilines is 1. The van der Waals surface area contributed by atoms with Crippen LogP contribution in [0.5, 0.6) is 0 Å². The molecular formula is C18H29N5. The van der Waals surface area contributed by atoms with Gasteiger partial charge in [0.1, 0.15) is 11.9 Å². The number of hydrogen-bond donors (Lipinski definition) is 1. The van der Waals surface area contributed by atoms with E-state index in [4.69, 9.17) is 0 Å². The Hall–Kier alpha value is -1.64. The van der Waals surface area contributed by atoms with E-state index in [-0.39, 0.29) is 5.54 Å². The molecule has 0 amide bonds. The molecule has 5 nitrogen and oxygen atoms in total. The molecule has 0 aliphatic carbocycles. The standard InChI is InChI=1S/C18H29N5/c1-14(2)16-7-6-15(12-19)17(20-16)21-18(3,4)13-23-10-8-22(5)9-11-23/h6-7,14H,8-11,13H2,1-5H3,(H,20,21). The smallest absolute Gasteiger partial charge is 0.144 e. The molecule has 0 saturated carbocycles. The lowest BCUT2D eigenvalue weighted by molar-refractivity contribution is 0.138. The molecule has 5 heteroatoms. The van der Waals surface area contributed by atoms with Crippen molar-refractivity contribution in [3.8, 4) is 6.07 Å². The van der Waals surface area contributed by atoms with Gasteiger partial charge in [0, 0.05) is 44.0 Å². The summed E-state index contributed by atoms with van der Waals surface area (Å²) < 4.78 is 0. The molecule has 1 aromatic heterocycles. The number of pyridine rings is 1. The van der Waals surface area contributed by atoms with Crippen LogP contribution in [0.1, 0.15) is 44.9 Å². The van der Waals surface area contributed by atoms with Crippen LogP contribution in [0.25, 0.3) is 0 Å². The van der Waals surface area contributed by atoms with Crippen molar-refractivity contribution in [3.05, 3.63) is 23.4 Å². The molecule has 0 radical (unpaired) electrons. The van der Waals surface area contributed by atoms with Crippen molar-refractivity contribution in [3.63, 3.8) is 0 Å². The number of piperazine rings is 1. The number of rotatable bonds is 5. The summed E-state index contributed by atoms with van der Waals surface area (Å²) in [7, 11) is 2.17. The summed E-state index contributed by atoms with van der Waals surface area (Å²) in [6.45, 7) is 13.9. The van der Waals surface area contributed by atoms with E-state index in [0.29, 0.717) is 17.3 Å². The Kier molecular flexibility index (Phi) is 5.61. The van der Waals surface area contributed by atoms with E-state index in [1.165, 1.54) is 0 Å². The molecule has 1 aliphatic rings. The van der Waals surface area contributed by atoms with Crippen molar-refractivity contribution >= 4 is 5.82 Å². The normalized spacial score (nSPS) is 17.3. The van der Waals surface area contributed by atoms with Crippen molar-refractivity contribution in [2.45, 2.75) is 39.2 Å². The first-order valence-corrected chi connectivity index (χ1v) is 8.41. The van der Waals surface area contributed by atoms with Gasteiger partial charge in [-0.3, -0.25) is 4.90 Å². The Morgan fingerprint density at radius 1 is 1.26 bits per heavy atom. The Morgan fingerprint density at radius 2 is 1.91 bits per heavy atom. The van der Waals surface area contributed by atoms with Gasteiger partial charge in [-0.25, -0.2) is 4.98 Å². The second kappa shape index (κ2) is 7.29. The van der Waals surface area contributed by atoms with E-state index in [0.717, 1.165) is 38.4 Å². The molecule has 0 spiro atoms. The molecule has 2 rings (SSSR count). The predicted molar refractivity (Wildman–Crippen MR) is 94.7 cm³/mol. The number of nitriles is 1. The third kappa shape index (κ3) is 4.92. The van der Waals surface area contributed by atoms with Gasteiger partial charge >= 0.3 is 0 Å². The van der Waals surface area contributed by atoms with E-state index in [2.05, 4.69) is 60.9 Å². The Balaban J connectivity index is 2.10. The van der Waals surface area contributed by atoms with E-state index in [1.54, 1.807) is 0 Å². The third-order valence-corrected chi connectivity index (χ3v) is 4.30. The van der Waals surface area contributed by atoms with Crippen LogP contribution >= 0.6 is 0 Å². The molecule has 23 heavy (non-hydrogen) atoms. The third-order valence-electron chi connectivity index (χ3n) is 4.30. The van der Waals surface area contributed by atoms with Crippen molar-refractivity contribution in [2.75, 3.05) is 45.1 Å². The van der Waals surface area contributed by atoms with Crippen LogP contribution in [0, 0.1) is 11.3 Å². The Bertz CT molecular complexity index is 565. The summed E-state index contributed by atoms with van der Waals surface area (Å²) in [5, 5.41) is 12.9. The van der Waals surface area contributed by atoms with Crippen molar-refractivity contribution < 1.29 is 0 Å². The fraction of sp³-hybridized carbons (Fsp3) is 0.667. The predicted octanol–water partition coefficient (Wildman–Crippen LogP) is 2.51.